The van der Waals surface area contributed by atoms with Crippen LogP contribution >= 0.6 is 11.6 Å². The zero-order valence-corrected chi connectivity index (χ0v) is 16.8. The molecule has 1 aliphatic carbocycles. The lowest BCUT2D eigenvalue weighted by atomic mass is 9.65. The summed E-state index contributed by atoms with van der Waals surface area (Å²) in [5.74, 6) is 0. The van der Waals surface area contributed by atoms with Crippen LogP contribution in [0.2, 0.25) is 5.02 Å². The van der Waals surface area contributed by atoms with Gasteiger partial charge in [-0.15, -0.1) is 0 Å². The minimum absolute atomic E-state index is 0.123. The highest BCUT2D eigenvalue weighted by Crippen LogP contribution is 2.50. The number of aryl methyl sites for hydroxylation is 1. The van der Waals surface area contributed by atoms with E-state index in [2.05, 4.69) is 22.1 Å². The Bertz CT molecular complexity index is 745. The van der Waals surface area contributed by atoms with Crippen LogP contribution in [0.5, 0.6) is 0 Å². The van der Waals surface area contributed by atoms with Crippen LogP contribution in [0.4, 0.5) is 0 Å². The number of halogens is 1. The summed E-state index contributed by atoms with van der Waals surface area (Å²) in [6.45, 7) is 0.889. The van der Waals surface area contributed by atoms with Crippen LogP contribution in [-0.2, 0) is 16.6 Å². The maximum atomic E-state index is 6.35. The van der Waals surface area contributed by atoms with Gasteiger partial charge < -0.3 is 4.74 Å². The molecule has 1 aliphatic heterocycles. The number of nitrogens with zero attached hydrogens (tertiary/aromatic N) is 2. The number of ether oxygens (including phenoxy) is 1. The molecule has 1 spiro atoms. The second-order valence-electron chi connectivity index (χ2n) is 8.40. The molecule has 0 aromatic carbocycles. The standard InChI is InChI=1S/C23H29ClN2O/c24-21-15-19(16-26-17-21)5-1-2-8-22(20-6-12-25-13-7-20)11-14-27-23(18-22)9-3-4-10-23/h6-7,12-13,15-17H,1-5,8-11,14,18H2/t22-/m1/s1. The Morgan fingerprint density at radius 3 is 2.59 bits per heavy atom. The maximum absolute atomic E-state index is 6.35. The van der Waals surface area contributed by atoms with Crippen LogP contribution in [-0.4, -0.2) is 22.2 Å². The molecule has 3 nitrogen and oxygen atoms in total. The van der Waals surface area contributed by atoms with E-state index in [1.165, 1.54) is 62.5 Å². The topological polar surface area (TPSA) is 35.0 Å². The Morgan fingerprint density at radius 1 is 1.00 bits per heavy atom. The van der Waals surface area contributed by atoms with Crippen molar-refractivity contribution < 1.29 is 4.74 Å². The predicted octanol–water partition coefficient (Wildman–Crippen LogP) is 5.90. The molecule has 1 saturated carbocycles. The molecule has 2 aliphatic rings. The van der Waals surface area contributed by atoms with E-state index in [9.17, 15) is 0 Å². The Hall–Kier alpha value is -1.45. The zero-order chi connectivity index (χ0) is 18.6. The lowest BCUT2D eigenvalue weighted by Crippen LogP contribution is -2.46. The molecule has 0 bridgehead atoms. The molecule has 4 heteroatoms. The van der Waals surface area contributed by atoms with Gasteiger partial charge in [0.05, 0.1) is 10.6 Å². The summed E-state index contributed by atoms with van der Waals surface area (Å²) in [7, 11) is 0. The number of rotatable bonds is 6. The summed E-state index contributed by atoms with van der Waals surface area (Å²) in [6, 6.07) is 6.50. The minimum atomic E-state index is 0.123. The monoisotopic (exact) mass is 384 g/mol. The quantitative estimate of drug-likeness (QED) is 0.581. The molecule has 2 fully saturated rings. The van der Waals surface area contributed by atoms with Gasteiger partial charge in [0.15, 0.2) is 0 Å². The summed E-state index contributed by atoms with van der Waals surface area (Å²) < 4.78 is 6.35. The fraction of sp³-hybridized carbons (Fsp3) is 0.565. The number of pyridine rings is 2. The average Bonchev–Trinajstić information content (AvgIpc) is 3.13. The summed E-state index contributed by atoms with van der Waals surface area (Å²) in [4.78, 5) is 8.46. The van der Waals surface area contributed by atoms with Crippen molar-refractivity contribution in [2.24, 2.45) is 0 Å². The van der Waals surface area contributed by atoms with Crippen molar-refractivity contribution in [2.75, 3.05) is 6.61 Å². The molecule has 0 N–H and O–H groups in total. The summed E-state index contributed by atoms with van der Waals surface area (Å²) in [5, 5.41) is 0.730. The Morgan fingerprint density at radius 2 is 1.81 bits per heavy atom. The molecule has 0 radical (unpaired) electrons. The van der Waals surface area contributed by atoms with E-state index in [1.807, 2.05) is 24.7 Å². The highest BCUT2D eigenvalue weighted by atomic mass is 35.5. The zero-order valence-electron chi connectivity index (χ0n) is 16.0. The molecule has 3 heterocycles. The lowest BCUT2D eigenvalue weighted by Gasteiger charge is -2.47. The van der Waals surface area contributed by atoms with Gasteiger partial charge in [0.2, 0.25) is 0 Å². The van der Waals surface area contributed by atoms with Crippen molar-refractivity contribution in [3.8, 4) is 0 Å². The van der Waals surface area contributed by atoms with Gasteiger partial charge in [-0.25, -0.2) is 0 Å². The van der Waals surface area contributed by atoms with E-state index in [0.717, 1.165) is 24.5 Å². The number of unbranched alkanes of at least 4 members (excludes halogenated alkanes) is 1. The largest absolute Gasteiger partial charge is 0.375 e. The smallest absolute Gasteiger partial charge is 0.0691 e. The third-order valence-corrected chi connectivity index (χ3v) is 6.80. The Kier molecular flexibility index (Phi) is 5.79. The molecule has 1 atom stereocenters. The van der Waals surface area contributed by atoms with Gasteiger partial charge in [-0.3, -0.25) is 9.97 Å². The molecule has 1 saturated heterocycles. The van der Waals surface area contributed by atoms with Crippen molar-refractivity contribution in [1.29, 1.82) is 0 Å². The highest BCUT2D eigenvalue weighted by molar-refractivity contribution is 6.30. The van der Waals surface area contributed by atoms with Crippen LogP contribution in [0.3, 0.4) is 0 Å². The second kappa shape index (κ2) is 8.28. The summed E-state index contributed by atoms with van der Waals surface area (Å²) in [5.41, 5.74) is 3.05. The van der Waals surface area contributed by atoms with Gasteiger partial charge in [-0.05, 0) is 74.3 Å². The molecule has 144 valence electrons. The number of hydrogen-bond donors (Lipinski definition) is 0. The lowest BCUT2D eigenvalue weighted by molar-refractivity contribution is -0.104. The fourth-order valence-electron chi connectivity index (χ4n) is 5.25. The Balaban J connectivity index is 1.45. The molecule has 2 aromatic rings. The fourth-order valence-corrected chi connectivity index (χ4v) is 5.45. The minimum Gasteiger partial charge on any atom is -0.375 e. The van der Waals surface area contributed by atoms with Gasteiger partial charge in [-0.1, -0.05) is 30.9 Å². The molecule has 0 unspecified atom stereocenters. The van der Waals surface area contributed by atoms with Gasteiger partial charge in [0.1, 0.15) is 0 Å². The number of aromatic nitrogens is 2. The maximum Gasteiger partial charge on any atom is 0.0691 e. The van der Waals surface area contributed by atoms with Crippen molar-refractivity contribution in [2.45, 2.75) is 75.2 Å². The van der Waals surface area contributed by atoms with Crippen molar-refractivity contribution in [3.05, 3.63) is 59.1 Å². The molecular formula is C23H29ClN2O. The van der Waals surface area contributed by atoms with Crippen molar-refractivity contribution in [3.63, 3.8) is 0 Å². The van der Waals surface area contributed by atoms with E-state index in [-0.39, 0.29) is 11.0 Å². The summed E-state index contributed by atoms with van der Waals surface area (Å²) in [6.07, 6.45) is 19.6. The van der Waals surface area contributed by atoms with Crippen molar-refractivity contribution in [1.82, 2.24) is 9.97 Å². The van der Waals surface area contributed by atoms with Gasteiger partial charge in [0, 0.05) is 36.8 Å². The van der Waals surface area contributed by atoms with E-state index in [4.69, 9.17) is 16.3 Å². The second-order valence-corrected chi connectivity index (χ2v) is 8.84. The van der Waals surface area contributed by atoms with Crippen LogP contribution < -0.4 is 0 Å². The van der Waals surface area contributed by atoms with Gasteiger partial charge in [0.25, 0.3) is 0 Å². The number of hydrogen-bond acceptors (Lipinski definition) is 3. The van der Waals surface area contributed by atoms with Crippen LogP contribution in [0.15, 0.2) is 43.0 Å². The van der Waals surface area contributed by atoms with Crippen LogP contribution in [0.25, 0.3) is 0 Å². The van der Waals surface area contributed by atoms with E-state index < -0.39 is 0 Å². The summed E-state index contributed by atoms with van der Waals surface area (Å²) >= 11 is 6.07. The average molecular weight is 385 g/mol. The van der Waals surface area contributed by atoms with Gasteiger partial charge >= 0.3 is 0 Å². The van der Waals surface area contributed by atoms with E-state index in [1.54, 1.807) is 6.20 Å². The normalized spacial score (nSPS) is 24.3. The highest BCUT2D eigenvalue weighted by Gasteiger charge is 2.47. The first kappa shape index (κ1) is 18.9. The molecule has 4 rings (SSSR count). The first-order chi connectivity index (χ1) is 13.2. The van der Waals surface area contributed by atoms with Crippen molar-refractivity contribution >= 4 is 11.6 Å². The third kappa shape index (κ3) is 4.35. The molecule has 2 aromatic heterocycles. The molecular weight excluding hydrogens is 356 g/mol. The SMILES string of the molecule is Clc1cncc(CCCC[C@@]2(c3ccncc3)CCOC3(CCCC3)C2)c1. The molecule has 0 amide bonds. The van der Waals surface area contributed by atoms with Gasteiger partial charge in [-0.2, -0.15) is 0 Å². The van der Waals surface area contributed by atoms with Crippen LogP contribution in [0, 0.1) is 0 Å². The Labute approximate surface area is 167 Å². The molecule has 27 heavy (non-hydrogen) atoms. The van der Waals surface area contributed by atoms with E-state index in [0.29, 0.717) is 0 Å². The van der Waals surface area contributed by atoms with E-state index >= 15 is 0 Å². The first-order valence-electron chi connectivity index (χ1n) is 10.3. The first-order valence-corrected chi connectivity index (χ1v) is 10.7. The predicted molar refractivity (Wildman–Crippen MR) is 109 cm³/mol. The third-order valence-electron chi connectivity index (χ3n) is 6.59. The van der Waals surface area contributed by atoms with Crippen LogP contribution in [0.1, 0.15) is 68.9 Å².